The SMILES string of the molecule is Cc1cccc(S(=O)(=O)N2CCN(CCOc3ccccc3C)CC2)c1. The highest BCUT2D eigenvalue weighted by Gasteiger charge is 2.28. The molecule has 0 amide bonds. The number of nitrogens with zero attached hydrogens (tertiary/aromatic N) is 2. The smallest absolute Gasteiger partial charge is 0.243 e. The zero-order valence-corrected chi connectivity index (χ0v) is 16.2. The molecule has 0 unspecified atom stereocenters. The van der Waals surface area contributed by atoms with Crippen LogP contribution >= 0.6 is 0 Å². The molecule has 2 aromatic carbocycles. The van der Waals surface area contributed by atoms with Crippen LogP contribution in [0.2, 0.25) is 0 Å². The van der Waals surface area contributed by atoms with Crippen molar-refractivity contribution in [2.75, 3.05) is 39.3 Å². The second-order valence-corrected chi connectivity index (χ2v) is 8.61. The number of sulfonamides is 1. The number of ether oxygens (including phenoxy) is 1. The Morgan fingerprint density at radius 2 is 1.69 bits per heavy atom. The summed E-state index contributed by atoms with van der Waals surface area (Å²) in [7, 11) is -3.40. The van der Waals surface area contributed by atoms with Crippen molar-refractivity contribution in [2.45, 2.75) is 18.7 Å². The van der Waals surface area contributed by atoms with Gasteiger partial charge in [-0.05, 0) is 43.2 Å². The van der Waals surface area contributed by atoms with E-state index in [-0.39, 0.29) is 0 Å². The van der Waals surface area contributed by atoms with Gasteiger partial charge in [0.15, 0.2) is 0 Å². The van der Waals surface area contributed by atoms with E-state index in [2.05, 4.69) is 4.90 Å². The van der Waals surface area contributed by atoms with Crippen LogP contribution in [0.5, 0.6) is 5.75 Å². The van der Waals surface area contributed by atoms with Gasteiger partial charge in [-0.25, -0.2) is 8.42 Å². The summed E-state index contributed by atoms with van der Waals surface area (Å²) in [6, 6.07) is 15.1. The van der Waals surface area contributed by atoms with Crippen molar-refractivity contribution in [1.29, 1.82) is 0 Å². The minimum absolute atomic E-state index is 0.383. The molecule has 5 nitrogen and oxygen atoms in total. The standard InChI is InChI=1S/C20H26N2O3S/c1-17-6-5-8-19(16-17)26(23,24)22-12-10-21(11-13-22)14-15-25-20-9-4-3-7-18(20)2/h3-9,16H,10-15H2,1-2H3. The lowest BCUT2D eigenvalue weighted by molar-refractivity contribution is 0.158. The maximum atomic E-state index is 12.8. The van der Waals surface area contributed by atoms with Crippen molar-refractivity contribution in [3.8, 4) is 5.75 Å². The van der Waals surface area contributed by atoms with Gasteiger partial charge in [-0.3, -0.25) is 4.90 Å². The van der Waals surface area contributed by atoms with Gasteiger partial charge in [0.25, 0.3) is 0 Å². The molecule has 1 fully saturated rings. The van der Waals surface area contributed by atoms with Crippen LogP contribution in [0, 0.1) is 13.8 Å². The van der Waals surface area contributed by atoms with Gasteiger partial charge < -0.3 is 4.74 Å². The second kappa shape index (κ2) is 8.20. The molecule has 0 bridgehead atoms. The molecule has 6 heteroatoms. The first-order valence-electron chi connectivity index (χ1n) is 8.94. The van der Waals surface area contributed by atoms with Gasteiger partial charge in [0.1, 0.15) is 12.4 Å². The summed E-state index contributed by atoms with van der Waals surface area (Å²) < 4.78 is 33.0. The normalized spacial score (nSPS) is 16.5. The predicted octanol–water partition coefficient (Wildman–Crippen LogP) is 2.69. The minimum atomic E-state index is -3.40. The molecule has 0 aromatic heterocycles. The fraction of sp³-hybridized carbons (Fsp3) is 0.400. The summed E-state index contributed by atoms with van der Waals surface area (Å²) in [5.74, 6) is 0.910. The molecule has 1 saturated heterocycles. The van der Waals surface area contributed by atoms with Crippen molar-refractivity contribution < 1.29 is 13.2 Å². The molecule has 0 saturated carbocycles. The summed E-state index contributed by atoms with van der Waals surface area (Å²) >= 11 is 0. The molecule has 1 aliphatic rings. The highest BCUT2D eigenvalue weighted by molar-refractivity contribution is 7.89. The van der Waals surface area contributed by atoms with E-state index in [0.717, 1.165) is 36.5 Å². The number of piperazine rings is 1. The van der Waals surface area contributed by atoms with Crippen LogP contribution in [0.25, 0.3) is 0 Å². The van der Waals surface area contributed by atoms with Gasteiger partial charge in [-0.1, -0.05) is 30.3 Å². The van der Waals surface area contributed by atoms with Gasteiger partial charge in [0.2, 0.25) is 10.0 Å². The number of aryl methyl sites for hydroxylation is 2. The largest absolute Gasteiger partial charge is 0.492 e. The Kier molecular flexibility index (Phi) is 5.96. The third kappa shape index (κ3) is 4.44. The van der Waals surface area contributed by atoms with E-state index in [1.54, 1.807) is 22.5 Å². The Hall–Kier alpha value is -1.89. The van der Waals surface area contributed by atoms with E-state index in [1.165, 1.54) is 0 Å². The van der Waals surface area contributed by atoms with Gasteiger partial charge in [0, 0.05) is 32.7 Å². The maximum Gasteiger partial charge on any atom is 0.243 e. The number of hydrogen-bond donors (Lipinski definition) is 0. The Balaban J connectivity index is 1.50. The lowest BCUT2D eigenvalue weighted by atomic mass is 10.2. The fourth-order valence-corrected chi connectivity index (χ4v) is 4.65. The molecule has 3 rings (SSSR count). The first-order chi connectivity index (χ1) is 12.5. The summed E-state index contributed by atoms with van der Waals surface area (Å²) in [6.45, 7) is 7.82. The lowest BCUT2D eigenvalue weighted by Gasteiger charge is -2.33. The molecule has 0 aliphatic carbocycles. The topological polar surface area (TPSA) is 49.9 Å². The molecule has 1 aliphatic heterocycles. The third-order valence-electron chi connectivity index (χ3n) is 4.72. The Labute approximate surface area is 156 Å². The van der Waals surface area contributed by atoms with E-state index in [4.69, 9.17) is 4.74 Å². The van der Waals surface area contributed by atoms with Gasteiger partial charge in [-0.2, -0.15) is 4.31 Å². The molecule has 0 radical (unpaired) electrons. The molecule has 0 spiro atoms. The summed E-state index contributed by atoms with van der Waals surface area (Å²) in [5.41, 5.74) is 2.08. The van der Waals surface area contributed by atoms with Gasteiger partial charge >= 0.3 is 0 Å². The summed E-state index contributed by atoms with van der Waals surface area (Å²) in [5, 5.41) is 0. The molecule has 0 N–H and O–H groups in total. The van der Waals surface area contributed by atoms with Crippen LogP contribution in [0.1, 0.15) is 11.1 Å². The van der Waals surface area contributed by atoms with Crippen LogP contribution in [0.15, 0.2) is 53.4 Å². The number of para-hydroxylation sites is 1. The quantitative estimate of drug-likeness (QED) is 0.780. The zero-order valence-electron chi connectivity index (χ0n) is 15.4. The predicted molar refractivity (Wildman–Crippen MR) is 103 cm³/mol. The molecule has 0 atom stereocenters. The van der Waals surface area contributed by atoms with Crippen molar-refractivity contribution in [1.82, 2.24) is 9.21 Å². The maximum absolute atomic E-state index is 12.8. The second-order valence-electron chi connectivity index (χ2n) is 6.68. The first-order valence-corrected chi connectivity index (χ1v) is 10.4. The van der Waals surface area contributed by atoms with E-state index in [9.17, 15) is 8.42 Å². The minimum Gasteiger partial charge on any atom is -0.492 e. The Bertz CT molecular complexity index is 844. The number of rotatable bonds is 6. The zero-order chi connectivity index (χ0) is 18.6. The first kappa shape index (κ1) is 18.9. The average molecular weight is 375 g/mol. The van der Waals surface area contributed by atoms with Crippen molar-refractivity contribution in [2.24, 2.45) is 0 Å². The van der Waals surface area contributed by atoms with E-state index in [1.807, 2.05) is 44.2 Å². The van der Waals surface area contributed by atoms with E-state index < -0.39 is 10.0 Å². The van der Waals surface area contributed by atoms with E-state index in [0.29, 0.717) is 24.6 Å². The molecular formula is C20H26N2O3S. The van der Waals surface area contributed by atoms with Crippen LogP contribution in [-0.2, 0) is 10.0 Å². The van der Waals surface area contributed by atoms with Crippen LogP contribution in [0.4, 0.5) is 0 Å². The van der Waals surface area contributed by atoms with Crippen LogP contribution < -0.4 is 4.74 Å². The lowest BCUT2D eigenvalue weighted by Crippen LogP contribution is -2.49. The van der Waals surface area contributed by atoms with Gasteiger partial charge in [-0.15, -0.1) is 0 Å². The third-order valence-corrected chi connectivity index (χ3v) is 6.61. The van der Waals surface area contributed by atoms with Crippen molar-refractivity contribution in [3.05, 3.63) is 59.7 Å². The van der Waals surface area contributed by atoms with Crippen molar-refractivity contribution >= 4 is 10.0 Å². The number of hydrogen-bond acceptors (Lipinski definition) is 4. The Morgan fingerprint density at radius 1 is 0.962 bits per heavy atom. The van der Waals surface area contributed by atoms with Crippen molar-refractivity contribution in [3.63, 3.8) is 0 Å². The summed E-state index contributed by atoms with van der Waals surface area (Å²) in [6.07, 6.45) is 0. The van der Waals surface area contributed by atoms with Crippen LogP contribution in [-0.4, -0.2) is 57.0 Å². The van der Waals surface area contributed by atoms with Crippen LogP contribution in [0.3, 0.4) is 0 Å². The highest BCUT2D eigenvalue weighted by atomic mass is 32.2. The molecule has 2 aromatic rings. The Morgan fingerprint density at radius 3 is 2.38 bits per heavy atom. The fourth-order valence-electron chi connectivity index (χ4n) is 3.12. The highest BCUT2D eigenvalue weighted by Crippen LogP contribution is 2.19. The number of benzene rings is 2. The molecule has 1 heterocycles. The summed E-state index contributed by atoms with van der Waals surface area (Å²) in [4.78, 5) is 2.63. The molecular weight excluding hydrogens is 348 g/mol. The van der Waals surface area contributed by atoms with E-state index >= 15 is 0 Å². The average Bonchev–Trinajstić information content (AvgIpc) is 2.64. The monoisotopic (exact) mass is 374 g/mol. The van der Waals surface area contributed by atoms with Gasteiger partial charge in [0.05, 0.1) is 4.90 Å². The molecule has 26 heavy (non-hydrogen) atoms. The molecule has 140 valence electrons.